The first-order chi connectivity index (χ1) is 5.17. The van der Waals surface area contributed by atoms with Crippen LogP contribution in [0.25, 0.3) is 0 Å². The summed E-state index contributed by atoms with van der Waals surface area (Å²) in [7, 11) is -1.47. The molecule has 0 amide bonds. The van der Waals surface area contributed by atoms with E-state index in [0.29, 0.717) is 11.0 Å². The van der Waals surface area contributed by atoms with E-state index in [1.165, 1.54) is 0 Å². The molecule has 0 spiro atoms. The van der Waals surface area contributed by atoms with Gasteiger partial charge in [-0.3, -0.25) is 0 Å². The molecular weight excluding hydrogens is 164 g/mol. The normalized spacial score (nSPS) is 14.0. The Balaban J connectivity index is 4.05. The molecule has 0 aliphatic carbocycles. The van der Waals surface area contributed by atoms with Gasteiger partial charge in [0.25, 0.3) is 0 Å². The van der Waals surface area contributed by atoms with Crippen molar-refractivity contribution in [2.45, 2.75) is 52.8 Å². The van der Waals surface area contributed by atoms with Crippen LogP contribution < -0.4 is 0 Å². The van der Waals surface area contributed by atoms with E-state index in [1.54, 1.807) is 0 Å². The van der Waals surface area contributed by atoms with Crippen molar-refractivity contribution in [1.29, 1.82) is 0 Å². The molecule has 0 bridgehead atoms. The lowest BCUT2D eigenvalue weighted by Gasteiger charge is -2.36. The Morgan fingerprint density at radius 2 is 1.58 bits per heavy atom. The molecule has 0 N–H and O–H groups in total. The summed E-state index contributed by atoms with van der Waals surface area (Å²) in [5.41, 5.74) is 0. The van der Waals surface area contributed by atoms with E-state index in [4.69, 9.17) is 4.43 Å². The average molecular weight is 188 g/mol. The second-order valence-electron chi connectivity index (χ2n) is 5.47. The van der Waals surface area contributed by atoms with E-state index in [0.717, 1.165) is 6.61 Å². The Kier molecular flexibility index (Phi) is 3.98. The maximum absolute atomic E-state index is 5.99. The van der Waals surface area contributed by atoms with Crippen molar-refractivity contribution in [2.75, 3.05) is 6.61 Å². The van der Waals surface area contributed by atoms with Gasteiger partial charge in [0.2, 0.25) is 0 Å². The lowest BCUT2D eigenvalue weighted by Crippen LogP contribution is -2.41. The third-order valence-corrected chi connectivity index (χ3v) is 7.08. The minimum atomic E-state index is -1.47. The first-order valence-electron chi connectivity index (χ1n) is 4.81. The van der Waals surface area contributed by atoms with Gasteiger partial charge in [0.1, 0.15) is 0 Å². The summed E-state index contributed by atoms with van der Waals surface area (Å²) in [5.74, 6) is 0.652. The van der Waals surface area contributed by atoms with E-state index < -0.39 is 8.32 Å². The van der Waals surface area contributed by atoms with Crippen molar-refractivity contribution < 1.29 is 4.43 Å². The molecule has 0 saturated carbocycles. The van der Waals surface area contributed by atoms with E-state index >= 15 is 0 Å². The molecule has 0 saturated heterocycles. The molecule has 0 radical (unpaired) electrons. The van der Waals surface area contributed by atoms with Crippen LogP contribution >= 0.6 is 0 Å². The minimum Gasteiger partial charge on any atom is -0.417 e. The van der Waals surface area contributed by atoms with Crippen molar-refractivity contribution in [3.05, 3.63) is 0 Å². The molecule has 2 heteroatoms. The summed E-state index contributed by atoms with van der Waals surface area (Å²) in [5, 5.41) is 0.349. The van der Waals surface area contributed by atoms with E-state index in [2.05, 4.69) is 47.7 Å². The largest absolute Gasteiger partial charge is 0.417 e. The molecular formula is C10H24OSi. The summed E-state index contributed by atoms with van der Waals surface area (Å²) in [6, 6.07) is 0. The minimum absolute atomic E-state index is 0.349. The molecule has 0 unspecified atom stereocenters. The molecule has 0 aliphatic rings. The summed E-state index contributed by atoms with van der Waals surface area (Å²) >= 11 is 0. The van der Waals surface area contributed by atoms with Crippen LogP contribution in [-0.2, 0) is 4.43 Å². The van der Waals surface area contributed by atoms with Crippen molar-refractivity contribution in [1.82, 2.24) is 0 Å². The summed E-state index contributed by atoms with van der Waals surface area (Å²) in [4.78, 5) is 0. The van der Waals surface area contributed by atoms with Gasteiger partial charge in [0.15, 0.2) is 8.32 Å². The Morgan fingerprint density at radius 3 is 1.83 bits per heavy atom. The highest BCUT2D eigenvalue weighted by molar-refractivity contribution is 6.74. The van der Waals surface area contributed by atoms with Crippen LogP contribution in [0.1, 0.15) is 34.6 Å². The molecule has 0 aromatic rings. The van der Waals surface area contributed by atoms with E-state index in [-0.39, 0.29) is 0 Å². The summed E-state index contributed by atoms with van der Waals surface area (Å²) < 4.78 is 5.99. The van der Waals surface area contributed by atoms with Crippen LogP contribution in [0.3, 0.4) is 0 Å². The highest BCUT2D eigenvalue weighted by atomic mass is 28.4. The first-order valence-corrected chi connectivity index (χ1v) is 7.71. The number of hydrogen-bond donors (Lipinski definition) is 0. The smallest absolute Gasteiger partial charge is 0.191 e. The highest BCUT2D eigenvalue weighted by Gasteiger charge is 2.36. The van der Waals surface area contributed by atoms with Crippen molar-refractivity contribution in [3.8, 4) is 0 Å². The van der Waals surface area contributed by atoms with Gasteiger partial charge >= 0.3 is 0 Å². The second kappa shape index (κ2) is 3.92. The molecule has 0 atom stereocenters. The zero-order chi connectivity index (χ0) is 9.99. The Hall–Kier alpha value is 0.177. The fourth-order valence-electron chi connectivity index (χ4n) is 0.592. The maximum atomic E-state index is 5.99. The van der Waals surface area contributed by atoms with Gasteiger partial charge in [0, 0.05) is 6.61 Å². The Bertz CT molecular complexity index is 133. The Labute approximate surface area is 78.6 Å². The van der Waals surface area contributed by atoms with Gasteiger partial charge in [-0.15, -0.1) is 0 Å². The van der Waals surface area contributed by atoms with Gasteiger partial charge < -0.3 is 4.43 Å². The van der Waals surface area contributed by atoms with Crippen LogP contribution in [0.15, 0.2) is 0 Å². The monoisotopic (exact) mass is 188 g/mol. The zero-order valence-electron chi connectivity index (χ0n) is 9.69. The summed E-state index contributed by atoms with van der Waals surface area (Å²) in [6.07, 6.45) is 0. The third-order valence-electron chi connectivity index (χ3n) is 2.58. The predicted molar refractivity (Wildman–Crippen MR) is 58.0 cm³/mol. The molecule has 0 rings (SSSR count). The summed E-state index contributed by atoms with van der Waals surface area (Å²) in [6.45, 7) is 16.8. The van der Waals surface area contributed by atoms with E-state index in [1.807, 2.05) is 0 Å². The van der Waals surface area contributed by atoms with E-state index in [9.17, 15) is 0 Å². The van der Waals surface area contributed by atoms with Gasteiger partial charge in [-0.25, -0.2) is 0 Å². The third kappa shape index (κ3) is 3.72. The zero-order valence-corrected chi connectivity index (χ0v) is 10.7. The van der Waals surface area contributed by atoms with Gasteiger partial charge in [-0.05, 0) is 24.1 Å². The lowest BCUT2D eigenvalue weighted by atomic mass is 10.2. The topological polar surface area (TPSA) is 9.23 Å². The molecule has 74 valence electrons. The quantitative estimate of drug-likeness (QED) is 0.614. The van der Waals surface area contributed by atoms with Crippen molar-refractivity contribution >= 4 is 8.32 Å². The van der Waals surface area contributed by atoms with Crippen LogP contribution in [0.5, 0.6) is 0 Å². The van der Waals surface area contributed by atoms with Crippen LogP contribution in [0.4, 0.5) is 0 Å². The van der Waals surface area contributed by atoms with Gasteiger partial charge in [-0.2, -0.15) is 0 Å². The van der Waals surface area contributed by atoms with Crippen LogP contribution in [-0.4, -0.2) is 14.9 Å². The van der Waals surface area contributed by atoms with Gasteiger partial charge in [-0.1, -0.05) is 34.6 Å². The van der Waals surface area contributed by atoms with Crippen molar-refractivity contribution in [2.24, 2.45) is 5.92 Å². The number of hydrogen-bond acceptors (Lipinski definition) is 1. The maximum Gasteiger partial charge on any atom is 0.191 e. The van der Waals surface area contributed by atoms with Crippen LogP contribution in [0, 0.1) is 5.92 Å². The molecule has 0 heterocycles. The Morgan fingerprint density at radius 1 is 1.17 bits per heavy atom. The molecule has 1 nitrogen and oxygen atoms in total. The van der Waals surface area contributed by atoms with Gasteiger partial charge in [0.05, 0.1) is 0 Å². The fourth-order valence-corrected chi connectivity index (χ4v) is 1.77. The highest BCUT2D eigenvalue weighted by Crippen LogP contribution is 2.36. The molecule has 0 aromatic heterocycles. The molecule has 0 fully saturated rings. The fraction of sp³-hybridized carbons (Fsp3) is 1.00. The molecule has 12 heavy (non-hydrogen) atoms. The first kappa shape index (κ1) is 12.2. The van der Waals surface area contributed by atoms with Crippen molar-refractivity contribution in [3.63, 3.8) is 0 Å². The average Bonchev–Trinajstić information content (AvgIpc) is 1.81. The molecule has 0 aromatic carbocycles. The predicted octanol–water partition coefficient (Wildman–Crippen LogP) is 3.66. The second-order valence-corrected chi connectivity index (χ2v) is 10.3. The standard InChI is InChI=1S/C10H24OSi/c1-9(2)8-11-12(6,7)10(3,4)5/h9H,8H2,1-7H3. The SMILES string of the molecule is CC(C)CO[Si](C)(C)C(C)(C)C. The molecule has 0 aliphatic heterocycles. The lowest BCUT2D eigenvalue weighted by molar-refractivity contribution is 0.247. The number of rotatable bonds is 3. The van der Waals surface area contributed by atoms with Crippen LogP contribution in [0.2, 0.25) is 18.1 Å².